The molecule has 20 heavy (non-hydrogen) atoms. The second-order valence-corrected chi connectivity index (χ2v) is 4.58. The third kappa shape index (κ3) is 6.26. The van der Waals surface area contributed by atoms with Gasteiger partial charge in [0.05, 0.1) is 7.11 Å². The van der Waals surface area contributed by atoms with Gasteiger partial charge in [0.25, 0.3) is 0 Å². The minimum Gasteiger partial charge on any atom is -0.496 e. The van der Waals surface area contributed by atoms with E-state index >= 15 is 0 Å². The van der Waals surface area contributed by atoms with E-state index in [0.717, 1.165) is 37.2 Å². The molecule has 0 aliphatic carbocycles. The second kappa shape index (κ2) is 10.5. The fraction of sp³-hybridized carbons (Fsp3) is 0.533. The molecule has 5 heteroatoms. The quantitative estimate of drug-likeness (QED) is 0.748. The maximum Gasteiger partial charge on any atom is 0.222 e. The number of hydrogen-bond donors (Lipinski definition) is 1. The van der Waals surface area contributed by atoms with Crippen LogP contribution in [-0.4, -0.2) is 45.1 Å². The molecule has 0 bridgehead atoms. The third-order valence-corrected chi connectivity index (χ3v) is 3.15. The van der Waals surface area contributed by atoms with Crippen molar-refractivity contribution in [1.82, 2.24) is 10.2 Å². The molecule has 0 saturated heterocycles. The minimum atomic E-state index is 0. The van der Waals surface area contributed by atoms with Crippen molar-refractivity contribution in [3.05, 3.63) is 29.8 Å². The van der Waals surface area contributed by atoms with Gasteiger partial charge in [-0.3, -0.25) is 4.79 Å². The van der Waals surface area contributed by atoms with Crippen LogP contribution in [0.15, 0.2) is 24.3 Å². The van der Waals surface area contributed by atoms with E-state index in [1.807, 2.05) is 38.4 Å². The lowest BCUT2D eigenvalue weighted by atomic mass is 10.1. The van der Waals surface area contributed by atoms with E-state index < -0.39 is 0 Å². The molecule has 0 heterocycles. The van der Waals surface area contributed by atoms with Gasteiger partial charge in [0.1, 0.15) is 5.75 Å². The van der Waals surface area contributed by atoms with Crippen molar-refractivity contribution < 1.29 is 9.53 Å². The van der Waals surface area contributed by atoms with Crippen LogP contribution in [0.3, 0.4) is 0 Å². The Morgan fingerprint density at radius 3 is 2.70 bits per heavy atom. The molecule has 0 aliphatic rings. The first kappa shape index (κ1) is 18.7. The summed E-state index contributed by atoms with van der Waals surface area (Å²) in [4.78, 5) is 13.7. The fourth-order valence-corrected chi connectivity index (χ4v) is 1.93. The first-order chi connectivity index (χ1) is 9.19. The number of methoxy groups -OCH3 is 1. The summed E-state index contributed by atoms with van der Waals surface area (Å²) in [6.07, 6.45) is 2.30. The fourth-order valence-electron chi connectivity index (χ4n) is 1.93. The monoisotopic (exact) mass is 300 g/mol. The normalized spacial score (nSPS) is 9.75. The van der Waals surface area contributed by atoms with E-state index in [-0.39, 0.29) is 18.3 Å². The Morgan fingerprint density at radius 1 is 1.35 bits per heavy atom. The van der Waals surface area contributed by atoms with E-state index in [2.05, 4.69) is 5.32 Å². The minimum absolute atomic E-state index is 0. The molecule has 0 aliphatic heterocycles. The lowest BCUT2D eigenvalue weighted by Crippen LogP contribution is -2.29. The Morgan fingerprint density at radius 2 is 2.05 bits per heavy atom. The predicted molar refractivity (Wildman–Crippen MR) is 84.7 cm³/mol. The van der Waals surface area contributed by atoms with Crippen molar-refractivity contribution in [3.63, 3.8) is 0 Å². The number of carbonyl (C=O) groups excluding carboxylic acids is 1. The van der Waals surface area contributed by atoms with Crippen molar-refractivity contribution in [2.75, 3.05) is 34.3 Å². The summed E-state index contributed by atoms with van der Waals surface area (Å²) in [6, 6.07) is 7.93. The van der Waals surface area contributed by atoms with Gasteiger partial charge in [-0.25, -0.2) is 0 Å². The molecule has 0 unspecified atom stereocenters. The molecule has 1 amide bonds. The number of hydrogen-bond acceptors (Lipinski definition) is 3. The van der Waals surface area contributed by atoms with E-state index in [4.69, 9.17) is 4.74 Å². The Kier molecular flexibility index (Phi) is 9.86. The Hall–Kier alpha value is -1.26. The van der Waals surface area contributed by atoms with E-state index in [1.54, 1.807) is 12.0 Å². The molecule has 1 aromatic carbocycles. The standard InChI is InChI=1S/C15H24N2O2.ClH/c1-16-11-6-9-15(18)17(2)12-10-13-7-4-5-8-14(13)19-3;/h4-5,7-8,16H,6,9-12H2,1-3H3;1H. The smallest absolute Gasteiger partial charge is 0.222 e. The van der Waals surface area contributed by atoms with Crippen LogP contribution < -0.4 is 10.1 Å². The third-order valence-electron chi connectivity index (χ3n) is 3.15. The van der Waals surface area contributed by atoms with Crippen LogP contribution >= 0.6 is 12.4 Å². The summed E-state index contributed by atoms with van der Waals surface area (Å²) in [5, 5.41) is 3.05. The zero-order valence-corrected chi connectivity index (χ0v) is 13.3. The zero-order valence-electron chi connectivity index (χ0n) is 12.5. The molecule has 0 radical (unpaired) electrons. The second-order valence-electron chi connectivity index (χ2n) is 4.58. The van der Waals surface area contributed by atoms with Crippen LogP contribution in [0.2, 0.25) is 0 Å². The van der Waals surface area contributed by atoms with Crippen molar-refractivity contribution in [3.8, 4) is 5.75 Å². The molecule has 0 aromatic heterocycles. The molecule has 0 fully saturated rings. The lowest BCUT2D eigenvalue weighted by Gasteiger charge is -2.18. The van der Waals surface area contributed by atoms with Gasteiger partial charge in [0, 0.05) is 20.0 Å². The first-order valence-electron chi connectivity index (χ1n) is 6.69. The van der Waals surface area contributed by atoms with Crippen LogP contribution in [0.5, 0.6) is 5.75 Å². The van der Waals surface area contributed by atoms with Gasteiger partial charge in [-0.15, -0.1) is 12.4 Å². The SMILES string of the molecule is CNCCCC(=O)N(C)CCc1ccccc1OC.Cl. The molecular formula is C15H25ClN2O2. The summed E-state index contributed by atoms with van der Waals surface area (Å²) in [7, 11) is 5.43. The summed E-state index contributed by atoms with van der Waals surface area (Å²) in [6.45, 7) is 1.60. The molecule has 0 saturated carbocycles. The van der Waals surface area contributed by atoms with E-state index in [9.17, 15) is 4.79 Å². The topological polar surface area (TPSA) is 41.6 Å². The molecule has 1 aromatic rings. The van der Waals surface area contributed by atoms with Crippen LogP contribution in [0.25, 0.3) is 0 Å². The highest BCUT2D eigenvalue weighted by atomic mass is 35.5. The number of nitrogens with one attached hydrogen (secondary N) is 1. The van der Waals surface area contributed by atoms with E-state index in [0.29, 0.717) is 6.42 Å². The molecular weight excluding hydrogens is 276 g/mol. The summed E-state index contributed by atoms with van der Waals surface area (Å²) in [5.41, 5.74) is 1.14. The molecule has 114 valence electrons. The zero-order chi connectivity index (χ0) is 14.1. The average Bonchev–Trinajstić information content (AvgIpc) is 2.45. The van der Waals surface area contributed by atoms with Gasteiger partial charge in [0.2, 0.25) is 5.91 Å². The number of nitrogens with zero attached hydrogens (tertiary/aromatic N) is 1. The van der Waals surface area contributed by atoms with E-state index in [1.165, 1.54) is 0 Å². The summed E-state index contributed by atoms with van der Waals surface area (Å²) >= 11 is 0. The largest absolute Gasteiger partial charge is 0.496 e. The van der Waals surface area contributed by atoms with Gasteiger partial charge < -0.3 is 15.0 Å². The highest BCUT2D eigenvalue weighted by molar-refractivity contribution is 5.85. The van der Waals surface area contributed by atoms with Crippen molar-refractivity contribution in [2.45, 2.75) is 19.3 Å². The summed E-state index contributed by atoms with van der Waals surface area (Å²) < 4.78 is 5.31. The van der Waals surface area contributed by atoms with Gasteiger partial charge in [-0.2, -0.15) is 0 Å². The number of para-hydroxylation sites is 1. The number of amides is 1. The maximum atomic E-state index is 11.9. The number of likely N-dealkylation sites (N-methyl/N-ethyl adjacent to an activating group) is 1. The summed E-state index contributed by atoms with van der Waals surface area (Å²) in [5.74, 6) is 1.09. The molecule has 0 spiro atoms. The lowest BCUT2D eigenvalue weighted by molar-refractivity contribution is -0.129. The Bertz CT molecular complexity index is 399. The number of ether oxygens (including phenoxy) is 1. The number of carbonyl (C=O) groups is 1. The Labute approximate surface area is 127 Å². The Balaban J connectivity index is 0.00000361. The van der Waals surface area contributed by atoms with Gasteiger partial charge in [0.15, 0.2) is 0 Å². The van der Waals surface area contributed by atoms with Crippen LogP contribution in [0.4, 0.5) is 0 Å². The maximum absolute atomic E-state index is 11.9. The van der Waals surface area contributed by atoms with Gasteiger partial charge in [-0.1, -0.05) is 18.2 Å². The highest BCUT2D eigenvalue weighted by Crippen LogP contribution is 2.17. The average molecular weight is 301 g/mol. The highest BCUT2D eigenvalue weighted by Gasteiger charge is 2.09. The van der Waals surface area contributed by atoms with Crippen molar-refractivity contribution in [2.24, 2.45) is 0 Å². The molecule has 1 rings (SSSR count). The van der Waals surface area contributed by atoms with Crippen molar-refractivity contribution >= 4 is 18.3 Å². The first-order valence-corrected chi connectivity index (χ1v) is 6.69. The van der Waals surface area contributed by atoms with Crippen LogP contribution in [0.1, 0.15) is 18.4 Å². The number of halogens is 1. The van der Waals surface area contributed by atoms with Gasteiger partial charge >= 0.3 is 0 Å². The van der Waals surface area contributed by atoms with Gasteiger partial charge in [-0.05, 0) is 38.1 Å². The number of benzene rings is 1. The molecule has 0 atom stereocenters. The van der Waals surface area contributed by atoms with Crippen LogP contribution in [0, 0.1) is 0 Å². The van der Waals surface area contributed by atoms with Crippen molar-refractivity contribution in [1.29, 1.82) is 0 Å². The predicted octanol–water partition coefficient (Wildman–Crippen LogP) is 2.12. The van der Waals surface area contributed by atoms with Crippen LogP contribution in [-0.2, 0) is 11.2 Å². The molecule has 4 nitrogen and oxygen atoms in total. The molecule has 1 N–H and O–H groups in total. The number of rotatable bonds is 8.